The number of aldehydes is 1. The molecular formula is C34H39FN2O7. The van der Waals surface area contributed by atoms with E-state index in [0.29, 0.717) is 59.2 Å². The number of fused-ring (bicyclic) bond motifs is 5. The van der Waals surface area contributed by atoms with Gasteiger partial charge in [-0.2, -0.15) is 0 Å². The summed E-state index contributed by atoms with van der Waals surface area (Å²) in [6.45, 7) is -0.0500. The molecule has 1 heterocycles. The minimum atomic E-state index is -1.22. The maximum atomic E-state index is 14.1. The largest absolute Gasteiger partial charge is 0.493 e. The molecule has 2 bridgehead atoms. The number of carbonyl (C=O) groups excluding carboxylic acids is 3. The Bertz CT molecular complexity index is 1460. The highest BCUT2D eigenvalue weighted by atomic mass is 19.1. The zero-order valence-electron chi connectivity index (χ0n) is 24.8. The normalized spacial score (nSPS) is 28.0. The number of aliphatic hydroxyl groups is 2. The number of nitrogens with one attached hydrogen (secondary N) is 1. The fourth-order valence-corrected chi connectivity index (χ4v) is 7.91. The lowest BCUT2D eigenvalue weighted by Crippen LogP contribution is -2.56. The molecule has 7 atom stereocenters. The second-order valence-corrected chi connectivity index (χ2v) is 12.5. The Morgan fingerprint density at radius 3 is 2.73 bits per heavy atom. The van der Waals surface area contributed by atoms with E-state index in [1.807, 2.05) is 0 Å². The highest BCUT2D eigenvalue weighted by Gasteiger charge is 2.52. The van der Waals surface area contributed by atoms with E-state index in [4.69, 9.17) is 9.47 Å². The average molecular weight is 607 g/mol. The number of amides is 2. The van der Waals surface area contributed by atoms with Crippen LogP contribution >= 0.6 is 0 Å². The van der Waals surface area contributed by atoms with Gasteiger partial charge in [-0.25, -0.2) is 4.39 Å². The van der Waals surface area contributed by atoms with Crippen LogP contribution in [-0.4, -0.2) is 78.3 Å². The maximum Gasteiger partial charge on any atom is 0.247 e. The van der Waals surface area contributed by atoms with Crippen LogP contribution < -0.4 is 14.8 Å². The van der Waals surface area contributed by atoms with Gasteiger partial charge in [0, 0.05) is 36.2 Å². The van der Waals surface area contributed by atoms with Crippen molar-refractivity contribution >= 4 is 18.1 Å². The Morgan fingerprint density at radius 2 is 2.05 bits per heavy atom. The lowest BCUT2D eigenvalue weighted by atomic mass is 9.77. The number of rotatable bonds is 11. The van der Waals surface area contributed by atoms with Gasteiger partial charge in [0.25, 0.3) is 0 Å². The predicted molar refractivity (Wildman–Crippen MR) is 159 cm³/mol. The van der Waals surface area contributed by atoms with Crippen molar-refractivity contribution in [3.63, 3.8) is 0 Å². The van der Waals surface area contributed by atoms with Crippen molar-refractivity contribution in [1.82, 2.24) is 10.2 Å². The van der Waals surface area contributed by atoms with Crippen molar-refractivity contribution in [2.75, 3.05) is 26.8 Å². The molecule has 2 aromatic rings. The summed E-state index contributed by atoms with van der Waals surface area (Å²) in [6.07, 6.45) is 5.36. The minimum absolute atomic E-state index is 0.0125. The monoisotopic (exact) mass is 606 g/mol. The number of carbonyl (C=O) groups is 3. The summed E-state index contributed by atoms with van der Waals surface area (Å²) in [4.78, 5) is 41.1. The van der Waals surface area contributed by atoms with Gasteiger partial charge < -0.3 is 29.9 Å². The van der Waals surface area contributed by atoms with Crippen LogP contribution in [0.15, 0.2) is 48.0 Å². The zero-order valence-corrected chi connectivity index (χ0v) is 24.8. The number of methoxy groups -OCH3 is 1. The third kappa shape index (κ3) is 5.73. The van der Waals surface area contributed by atoms with E-state index in [0.717, 1.165) is 19.3 Å². The molecule has 0 saturated heterocycles. The Morgan fingerprint density at radius 1 is 1.20 bits per heavy atom. The lowest BCUT2D eigenvalue weighted by Gasteiger charge is -2.41. The van der Waals surface area contributed by atoms with Crippen molar-refractivity contribution in [2.45, 2.75) is 62.7 Å². The number of hydrogen-bond acceptors (Lipinski definition) is 7. The van der Waals surface area contributed by atoms with Crippen LogP contribution in [0.3, 0.4) is 0 Å². The topological polar surface area (TPSA) is 125 Å². The van der Waals surface area contributed by atoms with Gasteiger partial charge in [-0.15, -0.1) is 0 Å². The molecule has 1 aliphatic heterocycles. The first kappa shape index (κ1) is 30.3. The van der Waals surface area contributed by atoms with Gasteiger partial charge in [-0.05, 0) is 79.3 Å². The maximum absolute atomic E-state index is 14.1. The van der Waals surface area contributed by atoms with Gasteiger partial charge >= 0.3 is 0 Å². The Labute approximate surface area is 256 Å². The van der Waals surface area contributed by atoms with Gasteiger partial charge in [-0.1, -0.05) is 18.6 Å². The van der Waals surface area contributed by atoms with Crippen LogP contribution in [0.25, 0.3) is 0 Å². The quantitative estimate of drug-likeness (QED) is 0.336. The van der Waals surface area contributed by atoms with Crippen LogP contribution in [0.2, 0.25) is 0 Å². The molecule has 10 heteroatoms. The second kappa shape index (κ2) is 12.7. The van der Waals surface area contributed by atoms with Gasteiger partial charge in [0.05, 0.1) is 25.7 Å². The van der Waals surface area contributed by atoms with Crippen LogP contribution in [-0.2, 0) is 16.0 Å². The third-order valence-electron chi connectivity index (χ3n) is 9.94. The number of halogens is 1. The fourth-order valence-electron chi connectivity index (χ4n) is 7.91. The molecule has 2 aromatic carbocycles. The first-order chi connectivity index (χ1) is 21.3. The Kier molecular flexibility index (Phi) is 8.73. The van der Waals surface area contributed by atoms with E-state index in [2.05, 4.69) is 5.32 Å². The smallest absolute Gasteiger partial charge is 0.247 e. The number of benzene rings is 2. The lowest BCUT2D eigenvalue weighted by molar-refractivity contribution is -0.138. The first-order valence-electron chi connectivity index (χ1n) is 15.5. The molecule has 7 unspecified atom stereocenters. The number of aliphatic hydroxyl groups excluding tert-OH is 2. The zero-order chi connectivity index (χ0) is 31.0. The molecule has 2 fully saturated rings. The number of nitrogens with zero attached hydrogens (tertiary/aromatic N) is 1. The Balaban J connectivity index is 1.37. The molecular weight excluding hydrogens is 567 g/mol. The molecule has 44 heavy (non-hydrogen) atoms. The summed E-state index contributed by atoms with van der Waals surface area (Å²) in [5, 5.41) is 24.0. The summed E-state index contributed by atoms with van der Waals surface area (Å²) in [5.74, 6) is 0.394. The molecule has 4 aliphatic rings. The molecule has 234 valence electrons. The van der Waals surface area contributed by atoms with Crippen molar-refractivity contribution in [1.29, 1.82) is 0 Å². The molecule has 3 N–H and O–H groups in total. The predicted octanol–water partition coefficient (Wildman–Crippen LogP) is 3.17. The van der Waals surface area contributed by atoms with E-state index < -0.39 is 30.1 Å². The van der Waals surface area contributed by atoms with Crippen molar-refractivity contribution < 1.29 is 38.5 Å². The first-order valence-corrected chi connectivity index (χ1v) is 15.5. The SMILES string of the molecule is COc1cc(C=O)cc2c1OC1C2C(C(=O)NCCO)=CC(N(CCc2cccc(F)c2)C(=O)CC2CC3CCC2C3)C1O. The average Bonchev–Trinajstić information content (AvgIpc) is 3.75. The Hall–Kier alpha value is -3.76. The molecule has 9 nitrogen and oxygen atoms in total. The number of ether oxygens (including phenoxy) is 2. The van der Waals surface area contributed by atoms with Crippen molar-refractivity contribution in [3.05, 3.63) is 70.6 Å². The van der Waals surface area contributed by atoms with E-state index >= 15 is 0 Å². The number of hydrogen-bond donors (Lipinski definition) is 3. The summed E-state index contributed by atoms with van der Waals surface area (Å²) in [7, 11) is 1.45. The summed E-state index contributed by atoms with van der Waals surface area (Å²) < 4.78 is 25.8. The standard InChI is InChI=1S/C34H39FN2O7/c1-43-28-15-21(18-39)14-25-30-26(34(42)36-8-10-38)17-27(31(41)33(30)44-32(25)28)37(9-7-19-3-2-4-24(35)13-19)29(40)16-23-12-20-5-6-22(23)11-20/h2-4,13-15,17-18,20,22-23,27,30-31,33,38,41H,5-12,16H2,1H3,(H,36,42). The van der Waals surface area contributed by atoms with E-state index in [-0.39, 0.29) is 42.9 Å². The highest BCUT2D eigenvalue weighted by Crippen LogP contribution is 2.52. The van der Waals surface area contributed by atoms with E-state index in [1.54, 1.807) is 29.2 Å². The minimum Gasteiger partial charge on any atom is -0.493 e. The van der Waals surface area contributed by atoms with Gasteiger partial charge in [-0.3, -0.25) is 14.4 Å². The van der Waals surface area contributed by atoms with Gasteiger partial charge in [0.1, 0.15) is 24.3 Å². The van der Waals surface area contributed by atoms with Crippen molar-refractivity contribution in [2.24, 2.45) is 17.8 Å². The van der Waals surface area contributed by atoms with Crippen LogP contribution in [0.4, 0.5) is 4.39 Å². The van der Waals surface area contributed by atoms with Gasteiger partial charge in [0.15, 0.2) is 11.5 Å². The van der Waals surface area contributed by atoms with Crippen LogP contribution in [0.1, 0.15) is 59.5 Å². The molecule has 0 spiro atoms. The summed E-state index contributed by atoms with van der Waals surface area (Å²) in [5.41, 5.74) is 1.84. The second-order valence-electron chi connectivity index (χ2n) is 12.5. The summed E-state index contributed by atoms with van der Waals surface area (Å²) in [6, 6.07) is 8.47. The third-order valence-corrected chi connectivity index (χ3v) is 9.94. The summed E-state index contributed by atoms with van der Waals surface area (Å²) >= 11 is 0. The fraction of sp³-hybridized carbons (Fsp3) is 0.500. The van der Waals surface area contributed by atoms with Crippen molar-refractivity contribution in [3.8, 4) is 11.5 Å². The van der Waals surface area contributed by atoms with Crippen LogP contribution in [0.5, 0.6) is 11.5 Å². The van der Waals surface area contributed by atoms with E-state index in [9.17, 15) is 29.0 Å². The molecule has 2 amide bonds. The van der Waals surface area contributed by atoms with Crippen LogP contribution in [0, 0.1) is 23.6 Å². The molecule has 6 rings (SSSR count). The molecule has 3 aliphatic carbocycles. The van der Waals surface area contributed by atoms with Gasteiger partial charge in [0.2, 0.25) is 11.8 Å². The molecule has 2 saturated carbocycles. The molecule has 0 radical (unpaired) electrons. The molecule has 0 aromatic heterocycles. The van der Waals surface area contributed by atoms with E-state index in [1.165, 1.54) is 31.7 Å². The highest BCUT2D eigenvalue weighted by molar-refractivity contribution is 5.96.